The molecular weight excluding hydrogens is 465 g/mol. The molecule has 3 atom stereocenters. The number of piperidine rings is 1. The number of halogens is 1. The van der Waals surface area contributed by atoms with Crippen LogP contribution in [-0.2, 0) is 4.79 Å². The van der Waals surface area contributed by atoms with Crippen molar-refractivity contribution in [3.63, 3.8) is 0 Å². The number of nitrogens with one attached hydrogen (secondary N) is 2. The first kappa shape index (κ1) is 25.5. The fraction of sp³-hybridized carbons (Fsp3) is 0.905. The average Bonchev–Trinajstić information content (AvgIpc) is 3.05. The lowest BCUT2D eigenvalue weighted by molar-refractivity contribution is -0.133. The highest BCUT2D eigenvalue weighted by Crippen LogP contribution is 2.20. The van der Waals surface area contributed by atoms with Crippen LogP contribution in [0.3, 0.4) is 0 Å². The fourth-order valence-electron chi connectivity index (χ4n) is 4.42. The van der Waals surface area contributed by atoms with E-state index in [9.17, 15) is 4.79 Å². The van der Waals surface area contributed by atoms with E-state index in [1.807, 2.05) is 18.7 Å². The van der Waals surface area contributed by atoms with Crippen molar-refractivity contribution in [3.05, 3.63) is 0 Å². The molecule has 1 amide bonds. The number of hydrogen-bond acceptors (Lipinski definition) is 3. The third-order valence-corrected chi connectivity index (χ3v) is 5.53. The summed E-state index contributed by atoms with van der Waals surface area (Å²) in [6.45, 7) is 17.7. The van der Waals surface area contributed by atoms with Gasteiger partial charge in [-0.05, 0) is 44.6 Å². The van der Waals surface area contributed by atoms with Crippen molar-refractivity contribution in [1.82, 2.24) is 20.4 Å². The standard InChI is InChI=1S/C21H41N5O.HI/c1-6-22-21(24-19-8-11-26(15-19)20(27)16(2)3)23-9-7-10-25-13-17(4)12-18(5)14-25;/h16-19H,6-15H2,1-5H3,(H2,22,23,24);1H. The third-order valence-electron chi connectivity index (χ3n) is 5.53. The summed E-state index contributed by atoms with van der Waals surface area (Å²) >= 11 is 0. The zero-order valence-corrected chi connectivity index (χ0v) is 20.9. The molecule has 2 fully saturated rings. The minimum atomic E-state index is 0. The number of aliphatic imine (C=N–C) groups is 1. The van der Waals surface area contributed by atoms with Gasteiger partial charge < -0.3 is 20.4 Å². The summed E-state index contributed by atoms with van der Waals surface area (Å²) in [5, 5.41) is 6.88. The van der Waals surface area contributed by atoms with Crippen molar-refractivity contribution in [2.75, 3.05) is 45.8 Å². The number of hydrogen-bond donors (Lipinski definition) is 2. The summed E-state index contributed by atoms with van der Waals surface area (Å²) in [7, 11) is 0. The van der Waals surface area contributed by atoms with Gasteiger partial charge >= 0.3 is 0 Å². The minimum Gasteiger partial charge on any atom is -0.357 e. The van der Waals surface area contributed by atoms with Gasteiger partial charge in [-0.15, -0.1) is 24.0 Å². The van der Waals surface area contributed by atoms with Crippen LogP contribution in [0.25, 0.3) is 0 Å². The van der Waals surface area contributed by atoms with Crippen LogP contribution >= 0.6 is 24.0 Å². The molecule has 6 nitrogen and oxygen atoms in total. The number of carbonyl (C=O) groups excluding carboxylic acids is 1. The maximum atomic E-state index is 12.2. The molecule has 0 aromatic heterocycles. The van der Waals surface area contributed by atoms with Crippen LogP contribution < -0.4 is 10.6 Å². The molecule has 0 aromatic rings. The smallest absolute Gasteiger partial charge is 0.225 e. The normalized spacial score (nSPS) is 26.3. The lowest BCUT2D eigenvalue weighted by atomic mass is 9.92. The number of guanidine groups is 1. The van der Waals surface area contributed by atoms with Gasteiger partial charge in [-0.2, -0.15) is 0 Å². The molecule has 2 saturated heterocycles. The highest BCUT2D eigenvalue weighted by Gasteiger charge is 2.28. The molecule has 2 heterocycles. The van der Waals surface area contributed by atoms with E-state index < -0.39 is 0 Å². The molecule has 0 radical (unpaired) electrons. The van der Waals surface area contributed by atoms with Crippen molar-refractivity contribution >= 4 is 35.8 Å². The van der Waals surface area contributed by atoms with E-state index in [1.165, 1.54) is 19.5 Å². The van der Waals surface area contributed by atoms with Crippen molar-refractivity contribution < 1.29 is 4.79 Å². The summed E-state index contributed by atoms with van der Waals surface area (Å²) in [6, 6.07) is 0.300. The van der Waals surface area contributed by atoms with Gasteiger partial charge in [0.1, 0.15) is 0 Å². The second-order valence-electron chi connectivity index (χ2n) is 8.89. The Bertz CT molecular complexity index is 489. The third kappa shape index (κ3) is 8.43. The average molecular weight is 508 g/mol. The van der Waals surface area contributed by atoms with Gasteiger partial charge in [0.05, 0.1) is 0 Å². The number of rotatable bonds is 7. The largest absolute Gasteiger partial charge is 0.357 e. The maximum Gasteiger partial charge on any atom is 0.225 e. The summed E-state index contributed by atoms with van der Waals surface area (Å²) in [5.41, 5.74) is 0. The predicted molar refractivity (Wildman–Crippen MR) is 128 cm³/mol. The molecule has 2 rings (SSSR count). The minimum absolute atomic E-state index is 0. The highest BCUT2D eigenvalue weighted by molar-refractivity contribution is 14.0. The Morgan fingerprint density at radius 2 is 1.86 bits per heavy atom. The van der Waals surface area contributed by atoms with Crippen molar-refractivity contribution in [3.8, 4) is 0 Å². The Hall–Kier alpha value is -0.570. The SMILES string of the molecule is CCNC(=NCCCN1CC(C)CC(C)C1)NC1CCN(C(=O)C(C)C)C1.I. The fourth-order valence-corrected chi connectivity index (χ4v) is 4.42. The van der Waals surface area contributed by atoms with E-state index in [1.54, 1.807) is 0 Å². The lowest BCUT2D eigenvalue weighted by Gasteiger charge is -2.34. The Kier molecular flexibility index (Phi) is 11.7. The molecule has 0 bridgehead atoms. The van der Waals surface area contributed by atoms with Crippen molar-refractivity contribution in [1.29, 1.82) is 0 Å². The number of likely N-dealkylation sites (tertiary alicyclic amines) is 2. The van der Waals surface area contributed by atoms with E-state index in [2.05, 4.69) is 36.3 Å². The predicted octanol–water partition coefficient (Wildman–Crippen LogP) is 2.78. The van der Waals surface area contributed by atoms with Gasteiger partial charge in [0.15, 0.2) is 5.96 Å². The van der Waals surface area contributed by atoms with Gasteiger partial charge in [0, 0.05) is 51.2 Å². The summed E-state index contributed by atoms with van der Waals surface area (Å²) in [4.78, 5) is 21.5. The molecule has 2 N–H and O–H groups in total. The van der Waals surface area contributed by atoms with Crippen LogP contribution in [0.4, 0.5) is 0 Å². The van der Waals surface area contributed by atoms with Crippen molar-refractivity contribution in [2.24, 2.45) is 22.7 Å². The van der Waals surface area contributed by atoms with Crippen LogP contribution in [-0.4, -0.2) is 73.5 Å². The second kappa shape index (κ2) is 12.9. The maximum absolute atomic E-state index is 12.2. The Balaban J connectivity index is 0.00000392. The van der Waals surface area contributed by atoms with E-state index >= 15 is 0 Å². The van der Waals surface area contributed by atoms with Crippen molar-refractivity contribution in [2.45, 2.75) is 59.9 Å². The zero-order valence-electron chi connectivity index (χ0n) is 18.5. The second-order valence-corrected chi connectivity index (χ2v) is 8.89. The number of nitrogens with zero attached hydrogens (tertiary/aromatic N) is 3. The highest BCUT2D eigenvalue weighted by atomic mass is 127. The number of amides is 1. The summed E-state index contributed by atoms with van der Waals surface area (Å²) in [6.07, 6.45) is 3.45. The Labute approximate surface area is 189 Å². The van der Waals surface area contributed by atoms with Crippen LogP contribution in [0.2, 0.25) is 0 Å². The van der Waals surface area contributed by atoms with Gasteiger partial charge in [-0.1, -0.05) is 27.7 Å². The molecule has 164 valence electrons. The lowest BCUT2D eigenvalue weighted by Crippen LogP contribution is -2.45. The molecule has 7 heteroatoms. The van der Waals surface area contributed by atoms with Crippen LogP contribution in [0.1, 0.15) is 53.9 Å². The molecule has 2 aliphatic rings. The molecule has 0 spiro atoms. The van der Waals surface area contributed by atoms with Crippen LogP contribution in [0.5, 0.6) is 0 Å². The quantitative estimate of drug-likeness (QED) is 0.241. The van der Waals surface area contributed by atoms with Gasteiger partial charge in [-0.3, -0.25) is 9.79 Å². The first-order valence-corrected chi connectivity index (χ1v) is 10.9. The van der Waals surface area contributed by atoms with Gasteiger partial charge in [0.2, 0.25) is 5.91 Å². The van der Waals surface area contributed by atoms with Gasteiger partial charge in [0.25, 0.3) is 0 Å². The van der Waals surface area contributed by atoms with E-state index in [0.717, 1.165) is 63.4 Å². The molecular formula is C21H42IN5O. The first-order valence-electron chi connectivity index (χ1n) is 10.9. The summed E-state index contributed by atoms with van der Waals surface area (Å²) in [5.74, 6) is 2.85. The Morgan fingerprint density at radius 3 is 2.46 bits per heavy atom. The van der Waals surface area contributed by atoms with E-state index in [0.29, 0.717) is 6.04 Å². The van der Waals surface area contributed by atoms with Gasteiger partial charge in [-0.25, -0.2) is 0 Å². The molecule has 2 aliphatic heterocycles. The molecule has 3 unspecified atom stereocenters. The zero-order chi connectivity index (χ0) is 19.8. The Morgan fingerprint density at radius 1 is 1.18 bits per heavy atom. The molecule has 0 aliphatic carbocycles. The van der Waals surface area contributed by atoms with Crippen LogP contribution in [0.15, 0.2) is 4.99 Å². The topological polar surface area (TPSA) is 60.0 Å². The molecule has 0 aromatic carbocycles. The first-order chi connectivity index (χ1) is 12.9. The number of carbonyl (C=O) groups is 1. The van der Waals surface area contributed by atoms with E-state index in [4.69, 9.17) is 4.99 Å². The summed E-state index contributed by atoms with van der Waals surface area (Å²) < 4.78 is 0. The monoisotopic (exact) mass is 507 g/mol. The van der Waals surface area contributed by atoms with Crippen LogP contribution in [0, 0.1) is 17.8 Å². The van der Waals surface area contributed by atoms with E-state index in [-0.39, 0.29) is 35.8 Å². The molecule has 0 saturated carbocycles. The molecule has 28 heavy (non-hydrogen) atoms.